The summed E-state index contributed by atoms with van der Waals surface area (Å²) in [6, 6.07) is 17.1. The Balaban J connectivity index is 1.98. The van der Waals surface area contributed by atoms with Crippen LogP contribution in [0.4, 0.5) is 4.39 Å². The van der Waals surface area contributed by atoms with Crippen LogP contribution in [0, 0.1) is 5.82 Å². The summed E-state index contributed by atoms with van der Waals surface area (Å²) < 4.78 is 18.3. The highest BCUT2D eigenvalue weighted by atomic mass is 19.1. The molecule has 2 N–H and O–H groups in total. The van der Waals surface area contributed by atoms with E-state index in [1.54, 1.807) is 25.1 Å². The lowest BCUT2D eigenvalue weighted by molar-refractivity contribution is 0.0516. The van der Waals surface area contributed by atoms with Crippen molar-refractivity contribution in [3.63, 3.8) is 0 Å². The van der Waals surface area contributed by atoms with Crippen LogP contribution >= 0.6 is 0 Å². The normalized spacial score (nSPS) is 10.9. The molecule has 140 valence electrons. The topological polar surface area (TPSA) is 75.2 Å². The summed E-state index contributed by atoms with van der Waals surface area (Å²) in [6.45, 7) is 1.86. The monoisotopic (exact) mass is 376 g/mol. The van der Waals surface area contributed by atoms with Crippen LogP contribution in [0.5, 0.6) is 5.75 Å². The number of carbonyl (C=O) groups is 1. The van der Waals surface area contributed by atoms with Gasteiger partial charge >= 0.3 is 5.97 Å². The highest BCUT2D eigenvalue weighted by molar-refractivity contribution is 6.05. The highest BCUT2D eigenvalue weighted by Gasteiger charge is 2.22. The predicted octanol–water partition coefficient (Wildman–Crippen LogP) is 4.92. The van der Waals surface area contributed by atoms with Crippen LogP contribution in [0.2, 0.25) is 0 Å². The third-order valence-electron chi connectivity index (χ3n) is 4.43. The Morgan fingerprint density at radius 1 is 1.11 bits per heavy atom. The third kappa shape index (κ3) is 3.09. The lowest BCUT2D eigenvalue weighted by Gasteiger charge is -2.09. The number of H-pyrrole nitrogens is 1. The maximum Gasteiger partial charge on any atom is 0.360 e. The molecule has 28 heavy (non-hydrogen) atoms. The van der Waals surface area contributed by atoms with Crippen LogP contribution in [0.15, 0.2) is 60.7 Å². The van der Waals surface area contributed by atoms with Crippen molar-refractivity contribution in [2.45, 2.75) is 6.92 Å². The Bertz CT molecular complexity index is 1150. The molecule has 2 aromatic carbocycles. The molecule has 0 spiro atoms. The van der Waals surface area contributed by atoms with E-state index in [2.05, 4.69) is 9.97 Å². The Labute approximate surface area is 160 Å². The van der Waals surface area contributed by atoms with Crippen molar-refractivity contribution in [3.05, 3.63) is 72.2 Å². The van der Waals surface area contributed by atoms with Crippen molar-refractivity contribution in [1.29, 1.82) is 0 Å². The van der Waals surface area contributed by atoms with E-state index in [0.29, 0.717) is 22.3 Å². The molecule has 0 aliphatic heterocycles. The van der Waals surface area contributed by atoms with E-state index in [-0.39, 0.29) is 23.9 Å². The Morgan fingerprint density at radius 3 is 2.50 bits per heavy atom. The molecule has 0 radical (unpaired) electrons. The van der Waals surface area contributed by atoms with Gasteiger partial charge in [-0.25, -0.2) is 14.2 Å². The number of pyridine rings is 1. The zero-order valence-electron chi connectivity index (χ0n) is 15.1. The number of benzene rings is 2. The van der Waals surface area contributed by atoms with Crippen molar-refractivity contribution in [2.75, 3.05) is 6.61 Å². The minimum Gasteiger partial charge on any atom is -0.505 e. The molecule has 0 aliphatic rings. The van der Waals surface area contributed by atoms with Gasteiger partial charge in [-0.05, 0) is 42.8 Å². The van der Waals surface area contributed by atoms with Gasteiger partial charge in [0.05, 0.1) is 17.8 Å². The average Bonchev–Trinajstić information content (AvgIpc) is 3.15. The van der Waals surface area contributed by atoms with Gasteiger partial charge in [0.1, 0.15) is 5.82 Å². The van der Waals surface area contributed by atoms with Crippen molar-refractivity contribution in [2.24, 2.45) is 0 Å². The standard InChI is InChI=1S/C22H17FN2O3/c1-2-28-22(27)20-21(26)16-12-17(13-8-10-15(23)11-9-13)24-19(16)18(25-20)14-6-4-3-5-7-14/h3-12,24,26H,2H2,1H3. The van der Waals surface area contributed by atoms with Gasteiger partial charge in [-0.1, -0.05) is 30.3 Å². The van der Waals surface area contributed by atoms with Crippen LogP contribution in [0.1, 0.15) is 17.4 Å². The summed E-state index contributed by atoms with van der Waals surface area (Å²) in [5.74, 6) is -1.28. The Morgan fingerprint density at radius 2 is 1.82 bits per heavy atom. The third-order valence-corrected chi connectivity index (χ3v) is 4.43. The quantitative estimate of drug-likeness (QED) is 0.496. The minimum absolute atomic E-state index is 0.141. The molecule has 0 saturated carbocycles. The number of fused-ring (bicyclic) bond motifs is 1. The first-order chi connectivity index (χ1) is 13.6. The predicted molar refractivity (Wildman–Crippen MR) is 105 cm³/mol. The fourth-order valence-electron chi connectivity index (χ4n) is 3.11. The van der Waals surface area contributed by atoms with Gasteiger partial charge in [-0.15, -0.1) is 0 Å². The van der Waals surface area contributed by atoms with E-state index in [1.807, 2.05) is 30.3 Å². The summed E-state index contributed by atoms with van der Waals surface area (Å²) in [6.07, 6.45) is 0. The van der Waals surface area contributed by atoms with Gasteiger partial charge in [-0.3, -0.25) is 0 Å². The molecule has 4 rings (SSSR count). The number of aromatic nitrogens is 2. The molecule has 4 aromatic rings. The maximum absolute atomic E-state index is 13.3. The molecule has 2 aromatic heterocycles. The molecule has 0 bridgehead atoms. The second-order valence-corrected chi connectivity index (χ2v) is 6.22. The molecule has 0 fully saturated rings. The molecule has 2 heterocycles. The average molecular weight is 376 g/mol. The smallest absolute Gasteiger partial charge is 0.360 e. The number of carbonyl (C=O) groups excluding carboxylic acids is 1. The lowest BCUT2D eigenvalue weighted by atomic mass is 10.1. The number of nitrogens with zero attached hydrogens (tertiary/aromatic N) is 1. The summed E-state index contributed by atoms with van der Waals surface area (Å²) in [5.41, 5.74) is 3.16. The zero-order chi connectivity index (χ0) is 19.7. The number of aromatic amines is 1. The van der Waals surface area contributed by atoms with Gasteiger partial charge in [-0.2, -0.15) is 0 Å². The van der Waals surface area contributed by atoms with Crippen molar-refractivity contribution >= 4 is 16.9 Å². The van der Waals surface area contributed by atoms with Crippen LogP contribution in [0.3, 0.4) is 0 Å². The molecule has 5 nitrogen and oxygen atoms in total. The number of nitrogens with one attached hydrogen (secondary N) is 1. The van der Waals surface area contributed by atoms with Gasteiger partial charge in [0.25, 0.3) is 0 Å². The van der Waals surface area contributed by atoms with Gasteiger partial charge in [0.15, 0.2) is 11.4 Å². The summed E-state index contributed by atoms with van der Waals surface area (Å²) >= 11 is 0. The largest absolute Gasteiger partial charge is 0.505 e. The van der Waals surface area contributed by atoms with Crippen molar-refractivity contribution < 1.29 is 19.0 Å². The molecule has 0 amide bonds. The number of ether oxygens (including phenoxy) is 1. The molecule has 0 unspecified atom stereocenters. The highest BCUT2D eigenvalue weighted by Crippen LogP contribution is 2.37. The number of hydrogen-bond donors (Lipinski definition) is 2. The molecule has 0 saturated heterocycles. The van der Waals surface area contributed by atoms with E-state index in [1.165, 1.54) is 12.1 Å². The van der Waals surface area contributed by atoms with E-state index in [4.69, 9.17) is 4.74 Å². The SMILES string of the molecule is CCOC(=O)c1nc(-c2ccccc2)c2[nH]c(-c3ccc(F)cc3)cc2c1O. The van der Waals surface area contributed by atoms with Crippen LogP contribution in [-0.2, 0) is 4.74 Å². The first-order valence-corrected chi connectivity index (χ1v) is 8.82. The van der Waals surface area contributed by atoms with Crippen LogP contribution in [-0.4, -0.2) is 27.7 Å². The number of hydrogen-bond acceptors (Lipinski definition) is 4. The molecular formula is C22H17FN2O3. The zero-order valence-corrected chi connectivity index (χ0v) is 15.1. The molecule has 0 atom stereocenters. The van der Waals surface area contributed by atoms with Crippen LogP contribution < -0.4 is 0 Å². The van der Waals surface area contributed by atoms with E-state index in [9.17, 15) is 14.3 Å². The van der Waals surface area contributed by atoms with E-state index < -0.39 is 5.97 Å². The minimum atomic E-state index is -0.691. The number of rotatable bonds is 4. The van der Waals surface area contributed by atoms with Gasteiger partial charge < -0.3 is 14.8 Å². The molecular weight excluding hydrogens is 359 g/mol. The second kappa shape index (κ2) is 7.15. The van der Waals surface area contributed by atoms with E-state index >= 15 is 0 Å². The number of aromatic hydroxyl groups is 1. The molecule has 6 heteroatoms. The summed E-state index contributed by atoms with van der Waals surface area (Å²) in [5, 5.41) is 11.1. The molecule has 0 aliphatic carbocycles. The summed E-state index contributed by atoms with van der Waals surface area (Å²) in [7, 11) is 0. The van der Waals surface area contributed by atoms with Crippen molar-refractivity contribution in [3.8, 4) is 28.3 Å². The van der Waals surface area contributed by atoms with Gasteiger partial charge in [0.2, 0.25) is 0 Å². The lowest BCUT2D eigenvalue weighted by Crippen LogP contribution is -2.08. The Hall–Kier alpha value is -3.67. The van der Waals surface area contributed by atoms with Crippen LogP contribution in [0.25, 0.3) is 33.4 Å². The summed E-state index contributed by atoms with van der Waals surface area (Å²) in [4.78, 5) is 19.9. The van der Waals surface area contributed by atoms with Crippen molar-refractivity contribution in [1.82, 2.24) is 9.97 Å². The number of esters is 1. The van der Waals surface area contributed by atoms with Gasteiger partial charge in [0, 0.05) is 16.6 Å². The maximum atomic E-state index is 13.3. The fraction of sp³-hybridized carbons (Fsp3) is 0.0909. The first kappa shape index (κ1) is 17.7. The number of halogens is 1. The fourth-order valence-corrected chi connectivity index (χ4v) is 3.11. The Kier molecular flexibility index (Phi) is 4.53. The first-order valence-electron chi connectivity index (χ1n) is 8.82. The van der Waals surface area contributed by atoms with E-state index in [0.717, 1.165) is 11.1 Å². The second-order valence-electron chi connectivity index (χ2n) is 6.22.